The Morgan fingerprint density at radius 1 is 1.14 bits per heavy atom. The first-order valence-electron chi connectivity index (χ1n) is 12.3. The van der Waals surface area contributed by atoms with Crippen LogP contribution in [-0.4, -0.2) is 51.4 Å². The number of methoxy groups -OCH3 is 1. The van der Waals surface area contributed by atoms with E-state index in [2.05, 4.69) is 45.8 Å². The van der Waals surface area contributed by atoms with Crippen molar-refractivity contribution in [3.05, 3.63) is 48.6 Å². The molecule has 0 saturated carbocycles. The third kappa shape index (κ3) is 10.6. The summed E-state index contributed by atoms with van der Waals surface area (Å²) in [6.45, 7) is 20.1. The van der Waals surface area contributed by atoms with Crippen molar-refractivity contribution in [1.29, 1.82) is 0 Å². The van der Waals surface area contributed by atoms with Gasteiger partial charge in [-0.05, 0) is 62.4 Å². The number of alkyl carbamates (subject to hydrolysis) is 1. The molecule has 0 fully saturated rings. The van der Waals surface area contributed by atoms with Crippen molar-refractivity contribution in [2.75, 3.05) is 13.9 Å². The average Bonchev–Trinajstić information content (AvgIpc) is 2.75. The zero-order valence-corrected chi connectivity index (χ0v) is 24.5. The molecule has 0 saturated heterocycles. The molecule has 36 heavy (non-hydrogen) atoms. The summed E-state index contributed by atoms with van der Waals surface area (Å²) in [6, 6.07) is 6.76. The van der Waals surface area contributed by atoms with Crippen LogP contribution in [0.5, 0.6) is 5.75 Å². The van der Waals surface area contributed by atoms with Crippen LogP contribution in [0.1, 0.15) is 59.9 Å². The molecule has 7 nitrogen and oxygen atoms in total. The van der Waals surface area contributed by atoms with E-state index in [4.69, 9.17) is 18.9 Å². The zero-order valence-electron chi connectivity index (χ0n) is 23.5. The summed E-state index contributed by atoms with van der Waals surface area (Å²) in [5.74, 6) is 0.199. The van der Waals surface area contributed by atoms with Crippen molar-refractivity contribution >= 4 is 26.2 Å². The van der Waals surface area contributed by atoms with Crippen LogP contribution in [0.15, 0.2) is 43.0 Å². The summed E-state index contributed by atoms with van der Waals surface area (Å²) in [4.78, 5) is 25.7. The summed E-state index contributed by atoms with van der Waals surface area (Å²) < 4.78 is 22.0. The van der Waals surface area contributed by atoms with E-state index in [0.29, 0.717) is 18.6 Å². The number of carbonyl (C=O) groups is 2. The Morgan fingerprint density at radius 3 is 2.36 bits per heavy atom. The van der Waals surface area contributed by atoms with E-state index in [-0.39, 0.29) is 11.8 Å². The number of rotatable bonds is 12. The molecule has 0 bridgehead atoms. The van der Waals surface area contributed by atoms with Gasteiger partial charge < -0.3 is 24.3 Å². The average molecular weight is 520 g/mol. The summed E-state index contributed by atoms with van der Waals surface area (Å²) in [6.07, 6.45) is 5.86. The van der Waals surface area contributed by atoms with E-state index in [1.165, 1.54) is 0 Å². The highest BCUT2D eigenvalue weighted by atomic mass is 28.3. The topological polar surface area (TPSA) is 83.1 Å². The highest BCUT2D eigenvalue weighted by Gasteiger charge is 2.44. The Labute approximate surface area is 218 Å². The number of ether oxygens (including phenoxy) is 4. The molecule has 1 aromatic rings. The first-order chi connectivity index (χ1) is 16.6. The number of hydrogen-bond acceptors (Lipinski definition) is 6. The molecule has 1 aromatic carbocycles. The number of esters is 1. The quantitative estimate of drug-likeness (QED) is 0.147. The van der Waals surface area contributed by atoms with Gasteiger partial charge in [0.2, 0.25) is 0 Å². The minimum atomic E-state index is -2.19. The summed E-state index contributed by atoms with van der Waals surface area (Å²) in [5, 5.41) is 2.63. The van der Waals surface area contributed by atoms with Gasteiger partial charge in [-0.3, -0.25) is 0 Å². The maximum Gasteiger partial charge on any atom is 0.408 e. The number of allylic oxidation sites excluding steroid dienone is 1. The Kier molecular flexibility index (Phi) is 11.9. The zero-order chi connectivity index (χ0) is 27.6. The lowest BCUT2D eigenvalue weighted by Gasteiger charge is -2.41. The molecule has 0 aliphatic carbocycles. The third-order valence-corrected chi connectivity index (χ3v) is 11.8. The first kappa shape index (κ1) is 31.4. The fourth-order valence-corrected chi connectivity index (χ4v) is 4.92. The van der Waals surface area contributed by atoms with Gasteiger partial charge in [0, 0.05) is 7.11 Å². The second-order valence-electron chi connectivity index (χ2n) is 11.4. The van der Waals surface area contributed by atoms with E-state index in [0.717, 1.165) is 5.56 Å². The third-order valence-electron chi connectivity index (χ3n) is 6.19. The van der Waals surface area contributed by atoms with Gasteiger partial charge in [0.15, 0.2) is 6.79 Å². The van der Waals surface area contributed by atoms with Gasteiger partial charge >= 0.3 is 12.1 Å². The molecule has 2 atom stereocenters. The van der Waals surface area contributed by atoms with Crippen LogP contribution in [-0.2, 0) is 19.0 Å². The highest BCUT2D eigenvalue weighted by Crippen LogP contribution is 2.40. The fraction of sp³-hybridized carbons (Fsp3) is 0.571. The molecular weight excluding hydrogens is 474 g/mol. The fourth-order valence-electron chi connectivity index (χ4n) is 3.08. The summed E-state index contributed by atoms with van der Waals surface area (Å²) in [7, 11) is -0.615. The molecule has 202 valence electrons. The first-order valence-corrected chi connectivity index (χ1v) is 15.4. The van der Waals surface area contributed by atoms with Crippen LogP contribution in [0.25, 0.3) is 6.08 Å². The SMILES string of the molecule is C=CCCC(NC(=O)OC(C)(C)C)C(=O)OC(/C=C\c1cccc(OCOC)c1)[Si](C)(C)C(C)(C)C. The summed E-state index contributed by atoms with van der Waals surface area (Å²) >= 11 is 0. The monoisotopic (exact) mass is 519 g/mol. The van der Waals surface area contributed by atoms with Gasteiger partial charge in [0.25, 0.3) is 0 Å². The Morgan fingerprint density at radius 2 is 1.81 bits per heavy atom. The van der Waals surface area contributed by atoms with Gasteiger partial charge in [-0.1, -0.05) is 58.2 Å². The molecule has 0 aliphatic heterocycles. The van der Waals surface area contributed by atoms with Crippen LogP contribution in [0, 0.1) is 0 Å². The summed E-state index contributed by atoms with van der Waals surface area (Å²) in [5.41, 5.74) is -0.191. The Hall–Kier alpha value is -2.58. The second-order valence-corrected chi connectivity index (χ2v) is 16.9. The lowest BCUT2D eigenvalue weighted by atomic mass is 10.1. The number of hydrogen-bond donors (Lipinski definition) is 1. The van der Waals surface area contributed by atoms with Crippen molar-refractivity contribution in [1.82, 2.24) is 5.32 Å². The van der Waals surface area contributed by atoms with E-state index in [1.54, 1.807) is 34.0 Å². The number of amides is 1. The van der Waals surface area contributed by atoms with Gasteiger partial charge in [0.1, 0.15) is 31.2 Å². The minimum Gasteiger partial charge on any atom is -0.468 e. The maximum absolute atomic E-state index is 13.3. The van der Waals surface area contributed by atoms with Gasteiger partial charge in [-0.2, -0.15) is 0 Å². The van der Waals surface area contributed by atoms with Crippen LogP contribution < -0.4 is 10.1 Å². The highest BCUT2D eigenvalue weighted by molar-refractivity contribution is 6.81. The lowest BCUT2D eigenvalue weighted by Crippen LogP contribution is -2.53. The smallest absolute Gasteiger partial charge is 0.408 e. The van der Waals surface area contributed by atoms with E-state index >= 15 is 0 Å². The largest absolute Gasteiger partial charge is 0.468 e. The molecular formula is C28H45NO6Si. The molecule has 1 rings (SSSR count). The van der Waals surface area contributed by atoms with Gasteiger partial charge in [-0.25, -0.2) is 9.59 Å². The Balaban J connectivity index is 3.21. The molecule has 1 amide bonds. The molecule has 0 aliphatic rings. The van der Waals surface area contributed by atoms with E-state index in [1.807, 2.05) is 36.4 Å². The molecule has 0 spiro atoms. The van der Waals surface area contributed by atoms with Crippen LogP contribution in [0.3, 0.4) is 0 Å². The molecule has 0 aromatic heterocycles. The molecule has 0 radical (unpaired) electrons. The van der Waals surface area contributed by atoms with E-state index < -0.39 is 37.5 Å². The lowest BCUT2D eigenvalue weighted by molar-refractivity contribution is -0.147. The van der Waals surface area contributed by atoms with E-state index in [9.17, 15) is 9.59 Å². The van der Waals surface area contributed by atoms with Crippen LogP contribution >= 0.6 is 0 Å². The standard InChI is InChI=1S/C28H45NO6Si/c1-11-12-16-23(29-26(31)35-27(2,3)4)25(30)34-24(36(9,10)28(5,6)7)18-17-21-14-13-15-22(19-21)33-20-32-8/h11,13-15,17-19,23-24H,1,12,16,20H2,2-10H3,(H,29,31)/b18-17-. The van der Waals surface area contributed by atoms with Crippen molar-refractivity contribution in [3.8, 4) is 5.75 Å². The number of benzene rings is 1. The predicted octanol–water partition coefficient (Wildman–Crippen LogP) is 6.50. The van der Waals surface area contributed by atoms with Crippen molar-refractivity contribution in [2.24, 2.45) is 0 Å². The van der Waals surface area contributed by atoms with Crippen LogP contribution in [0.4, 0.5) is 4.79 Å². The Bertz CT molecular complexity index is 898. The molecule has 0 heterocycles. The molecule has 1 N–H and O–H groups in total. The number of nitrogens with one attached hydrogen (secondary N) is 1. The molecule has 8 heteroatoms. The van der Waals surface area contributed by atoms with Crippen molar-refractivity contribution in [3.63, 3.8) is 0 Å². The van der Waals surface area contributed by atoms with Crippen molar-refractivity contribution in [2.45, 2.75) is 89.9 Å². The van der Waals surface area contributed by atoms with Gasteiger partial charge in [-0.15, -0.1) is 6.58 Å². The van der Waals surface area contributed by atoms with Gasteiger partial charge in [0.05, 0.1) is 0 Å². The maximum atomic E-state index is 13.3. The minimum absolute atomic E-state index is 0.0546. The number of carbonyl (C=O) groups excluding carboxylic acids is 2. The predicted molar refractivity (Wildman–Crippen MR) is 148 cm³/mol. The van der Waals surface area contributed by atoms with Crippen LogP contribution in [0.2, 0.25) is 18.1 Å². The molecule has 2 unspecified atom stereocenters. The second kappa shape index (κ2) is 13.6. The van der Waals surface area contributed by atoms with Crippen molar-refractivity contribution < 1.29 is 28.5 Å². The normalized spacial score (nSPS) is 14.1.